The van der Waals surface area contributed by atoms with Crippen molar-refractivity contribution in [3.05, 3.63) is 106 Å². The van der Waals surface area contributed by atoms with Gasteiger partial charge in [-0.3, -0.25) is 9.78 Å². The van der Waals surface area contributed by atoms with Gasteiger partial charge in [0.1, 0.15) is 23.4 Å². The van der Waals surface area contributed by atoms with Crippen LogP contribution < -0.4 is 10.6 Å². The standard InChI is InChI=1S/C27H21Cl2FN4O2S/c28-19-5-3-4-18(24(19)29)21-11-12-22(36-21)26-25(20-6-1-2-14-31-20)33-27(37)34(26)15-13-23(35)32-17-9-7-16(30)8-10-17/h1-12,14,25-26H,13,15H2,(H,32,35)(H,33,37). The molecule has 2 N–H and O–H groups in total. The lowest BCUT2D eigenvalue weighted by atomic mass is 10.0. The third kappa shape index (κ3) is 5.46. The van der Waals surface area contributed by atoms with Crippen LogP contribution in [0, 0.1) is 5.82 Å². The van der Waals surface area contributed by atoms with Crippen LogP contribution in [0.2, 0.25) is 10.0 Å². The Morgan fingerprint density at radius 1 is 1.08 bits per heavy atom. The molecule has 37 heavy (non-hydrogen) atoms. The normalized spacial score (nSPS) is 17.1. The summed E-state index contributed by atoms with van der Waals surface area (Å²) in [5.41, 5.74) is 1.98. The summed E-state index contributed by atoms with van der Waals surface area (Å²) in [6.45, 7) is 0.320. The highest BCUT2D eigenvalue weighted by Gasteiger charge is 2.41. The van der Waals surface area contributed by atoms with Crippen LogP contribution in [0.3, 0.4) is 0 Å². The van der Waals surface area contributed by atoms with Crippen LogP contribution in [0.1, 0.15) is 30.0 Å². The number of halogens is 3. The highest BCUT2D eigenvalue weighted by molar-refractivity contribution is 7.80. The molecule has 6 nitrogen and oxygen atoms in total. The Balaban J connectivity index is 1.41. The number of furan rings is 1. The van der Waals surface area contributed by atoms with Crippen LogP contribution in [-0.2, 0) is 4.79 Å². The largest absolute Gasteiger partial charge is 0.459 e. The Bertz CT molecular complexity index is 1430. The highest BCUT2D eigenvalue weighted by atomic mass is 35.5. The van der Waals surface area contributed by atoms with Crippen molar-refractivity contribution in [2.75, 3.05) is 11.9 Å². The van der Waals surface area contributed by atoms with Crippen LogP contribution in [0.15, 0.2) is 83.4 Å². The van der Waals surface area contributed by atoms with E-state index in [0.29, 0.717) is 44.5 Å². The zero-order valence-electron chi connectivity index (χ0n) is 19.3. The van der Waals surface area contributed by atoms with Gasteiger partial charge in [-0.25, -0.2) is 4.39 Å². The van der Waals surface area contributed by atoms with Gasteiger partial charge in [0.15, 0.2) is 5.11 Å². The van der Waals surface area contributed by atoms with Crippen LogP contribution in [0.25, 0.3) is 11.3 Å². The van der Waals surface area contributed by atoms with E-state index in [1.54, 1.807) is 18.3 Å². The van der Waals surface area contributed by atoms with E-state index in [1.807, 2.05) is 41.3 Å². The van der Waals surface area contributed by atoms with Gasteiger partial charge in [-0.05, 0) is 72.9 Å². The molecular formula is C27H21Cl2FN4O2S. The summed E-state index contributed by atoms with van der Waals surface area (Å²) in [5.74, 6) is 0.606. The summed E-state index contributed by atoms with van der Waals surface area (Å²) in [7, 11) is 0. The summed E-state index contributed by atoms with van der Waals surface area (Å²) in [5, 5.41) is 7.43. The molecule has 1 amide bonds. The molecule has 2 unspecified atom stereocenters. The summed E-state index contributed by atoms with van der Waals surface area (Å²) in [6, 6.07) is 19.7. The molecule has 10 heteroatoms. The van der Waals surface area contributed by atoms with Crippen molar-refractivity contribution >= 4 is 52.1 Å². The van der Waals surface area contributed by atoms with Crippen molar-refractivity contribution in [3.8, 4) is 11.3 Å². The molecule has 1 aliphatic heterocycles. The Labute approximate surface area is 228 Å². The summed E-state index contributed by atoms with van der Waals surface area (Å²) < 4.78 is 19.5. The summed E-state index contributed by atoms with van der Waals surface area (Å²) in [4.78, 5) is 19.1. The molecule has 1 aliphatic rings. The maximum absolute atomic E-state index is 13.2. The van der Waals surface area contributed by atoms with E-state index in [2.05, 4.69) is 15.6 Å². The van der Waals surface area contributed by atoms with E-state index in [9.17, 15) is 9.18 Å². The number of thiocarbonyl (C=S) groups is 1. The number of hydrogen-bond donors (Lipinski definition) is 2. The molecule has 0 spiro atoms. The number of nitrogens with one attached hydrogen (secondary N) is 2. The molecule has 2 atom stereocenters. The van der Waals surface area contributed by atoms with E-state index in [-0.39, 0.29) is 30.2 Å². The number of carbonyl (C=O) groups is 1. The maximum atomic E-state index is 13.2. The Morgan fingerprint density at radius 3 is 2.65 bits per heavy atom. The third-order valence-electron chi connectivity index (χ3n) is 6.04. The fourth-order valence-electron chi connectivity index (χ4n) is 4.28. The predicted octanol–water partition coefficient (Wildman–Crippen LogP) is 6.79. The molecule has 2 aromatic carbocycles. The van der Waals surface area contributed by atoms with Crippen molar-refractivity contribution < 1.29 is 13.6 Å². The zero-order chi connectivity index (χ0) is 25.9. The van der Waals surface area contributed by atoms with Gasteiger partial charge in [-0.1, -0.05) is 35.3 Å². The Kier molecular flexibility index (Phi) is 7.41. The number of nitrogens with zero attached hydrogens (tertiary/aromatic N) is 2. The molecule has 0 radical (unpaired) electrons. The molecule has 4 aromatic rings. The van der Waals surface area contributed by atoms with Crippen LogP contribution in [0.4, 0.5) is 10.1 Å². The number of anilines is 1. The first kappa shape index (κ1) is 25.2. The minimum Gasteiger partial charge on any atom is -0.459 e. The van der Waals surface area contributed by atoms with Gasteiger partial charge in [-0.15, -0.1) is 0 Å². The molecule has 0 saturated carbocycles. The fraction of sp³-hybridized carbons (Fsp3) is 0.148. The van der Waals surface area contributed by atoms with Crippen LogP contribution in [-0.4, -0.2) is 27.4 Å². The molecule has 1 saturated heterocycles. The zero-order valence-corrected chi connectivity index (χ0v) is 21.7. The van der Waals surface area contributed by atoms with Gasteiger partial charge >= 0.3 is 0 Å². The number of amides is 1. The van der Waals surface area contributed by atoms with E-state index >= 15 is 0 Å². The molecular weight excluding hydrogens is 534 g/mol. The fourth-order valence-corrected chi connectivity index (χ4v) is 5.01. The van der Waals surface area contributed by atoms with E-state index in [1.165, 1.54) is 24.3 Å². The Hall–Kier alpha value is -3.46. The number of pyridine rings is 1. The van der Waals surface area contributed by atoms with Crippen LogP contribution in [0.5, 0.6) is 0 Å². The van der Waals surface area contributed by atoms with Crippen LogP contribution >= 0.6 is 35.4 Å². The molecule has 188 valence electrons. The second-order valence-corrected chi connectivity index (χ2v) is 9.60. The van der Waals surface area contributed by atoms with Gasteiger partial charge < -0.3 is 20.0 Å². The Morgan fingerprint density at radius 2 is 1.89 bits per heavy atom. The van der Waals surface area contributed by atoms with E-state index < -0.39 is 0 Å². The van der Waals surface area contributed by atoms with Crippen molar-refractivity contribution in [1.82, 2.24) is 15.2 Å². The van der Waals surface area contributed by atoms with Gasteiger partial charge in [-0.2, -0.15) is 0 Å². The summed E-state index contributed by atoms with van der Waals surface area (Å²) in [6.07, 6.45) is 1.87. The van der Waals surface area contributed by atoms with Crippen molar-refractivity contribution in [2.45, 2.75) is 18.5 Å². The minimum absolute atomic E-state index is 0.151. The number of hydrogen-bond acceptors (Lipinski definition) is 4. The van der Waals surface area contributed by atoms with Gasteiger partial charge in [0.05, 0.1) is 21.8 Å². The summed E-state index contributed by atoms with van der Waals surface area (Å²) >= 11 is 18.3. The van der Waals surface area contributed by atoms with E-state index in [4.69, 9.17) is 39.8 Å². The third-order valence-corrected chi connectivity index (χ3v) is 7.21. The minimum atomic E-state index is -0.369. The first-order chi connectivity index (χ1) is 17.9. The number of benzene rings is 2. The lowest BCUT2D eigenvalue weighted by Gasteiger charge is -2.25. The first-order valence-corrected chi connectivity index (χ1v) is 12.6. The lowest BCUT2D eigenvalue weighted by Crippen LogP contribution is -2.32. The predicted molar refractivity (Wildman–Crippen MR) is 146 cm³/mol. The van der Waals surface area contributed by atoms with Gasteiger partial charge in [0, 0.05) is 30.4 Å². The topological polar surface area (TPSA) is 70.4 Å². The molecule has 0 aliphatic carbocycles. The molecule has 1 fully saturated rings. The molecule has 3 heterocycles. The molecule has 5 rings (SSSR count). The smallest absolute Gasteiger partial charge is 0.226 e. The monoisotopic (exact) mass is 554 g/mol. The first-order valence-electron chi connectivity index (χ1n) is 11.5. The second-order valence-electron chi connectivity index (χ2n) is 8.43. The van der Waals surface area contributed by atoms with Gasteiger partial charge in [0.2, 0.25) is 5.91 Å². The molecule has 0 bridgehead atoms. The average Bonchev–Trinajstić information content (AvgIpc) is 3.51. The lowest BCUT2D eigenvalue weighted by molar-refractivity contribution is -0.116. The number of aromatic nitrogens is 1. The van der Waals surface area contributed by atoms with Crippen molar-refractivity contribution in [2.24, 2.45) is 0 Å². The second kappa shape index (κ2) is 10.9. The molecule has 2 aromatic heterocycles. The highest BCUT2D eigenvalue weighted by Crippen LogP contribution is 2.42. The van der Waals surface area contributed by atoms with Crippen molar-refractivity contribution in [1.29, 1.82) is 0 Å². The SMILES string of the molecule is O=C(CCN1C(=S)NC(c2ccccn2)C1c1ccc(-c2cccc(Cl)c2Cl)o1)Nc1ccc(F)cc1. The maximum Gasteiger partial charge on any atom is 0.226 e. The number of carbonyl (C=O) groups excluding carboxylic acids is 1. The quantitative estimate of drug-likeness (QED) is 0.245. The average molecular weight is 555 g/mol. The van der Waals surface area contributed by atoms with E-state index in [0.717, 1.165) is 5.69 Å². The van der Waals surface area contributed by atoms with Crippen molar-refractivity contribution in [3.63, 3.8) is 0 Å². The van der Waals surface area contributed by atoms with Gasteiger partial charge in [0.25, 0.3) is 0 Å². The number of rotatable bonds is 7.